The summed E-state index contributed by atoms with van der Waals surface area (Å²) in [6, 6.07) is 8.16. The summed E-state index contributed by atoms with van der Waals surface area (Å²) in [4.78, 5) is 21.7. The lowest BCUT2D eigenvalue weighted by Gasteiger charge is -2.19. The summed E-state index contributed by atoms with van der Waals surface area (Å²) in [5.41, 5.74) is 2.69. The van der Waals surface area contributed by atoms with Crippen molar-refractivity contribution in [3.05, 3.63) is 61.1 Å². The lowest BCUT2D eigenvalue weighted by molar-refractivity contribution is 0.585. The van der Waals surface area contributed by atoms with Gasteiger partial charge in [0.25, 0.3) is 5.56 Å². The van der Waals surface area contributed by atoms with E-state index in [1.165, 1.54) is 41.5 Å². The molecule has 0 N–H and O–H groups in total. The van der Waals surface area contributed by atoms with Crippen molar-refractivity contribution in [2.24, 2.45) is 11.3 Å². The van der Waals surface area contributed by atoms with Crippen LogP contribution in [0, 0.1) is 11.3 Å². The predicted octanol–water partition coefficient (Wildman–Crippen LogP) is 6.25. The fraction of sp³-hybridized carbons (Fsp3) is 0.462. The fourth-order valence-corrected chi connectivity index (χ4v) is 7.00. The second kappa shape index (κ2) is 9.58. The number of anilines is 1. The van der Waals surface area contributed by atoms with Crippen LogP contribution in [0.4, 0.5) is 5.69 Å². The Morgan fingerprint density at radius 2 is 1.94 bits per heavy atom. The van der Waals surface area contributed by atoms with Crippen molar-refractivity contribution in [3.8, 4) is 0 Å². The van der Waals surface area contributed by atoms with Crippen LogP contribution < -0.4 is 15.0 Å². The number of nitrogens with zero attached hydrogens (tertiary/aromatic N) is 4. The van der Waals surface area contributed by atoms with Gasteiger partial charge < -0.3 is 4.90 Å². The molecule has 1 fully saturated rings. The molecule has 5 rings (SSSR count). The third-order valence-corrected chi connectivity index (χ3v) is 9.01. The van der Waals surface area contributed by atoms with Gasteiger partial charge in [0, 0.05) is 29.3 Å². The van der Waals surface area contributed by atoms with Crippen molar-refractivity contribution in [3.63, 3.8) is 0 Å². The van der Waals surface area contributed by atoms with Crippen molar-refractivity contribution in [2.75, 3.05) is 11.4 Å². The van der Waals surface area contributed by atoms with E-state index in [9.17, 15) is 4.79 Å². The van der Waals surface area contributed by atoms with Gasteiger partial charge in [0.1, 0.15) is 14.0 Å². The van der Waals surface area contributed by atoms with Gasteiger partial charge in [-0.2, -0.15) is 4.52 Å². The third-order valence-electron chi connectivity index (χ3n) is 7.30. The van der Waals surface area contributed by atoms with E-state index >= 15 is 0 Å². The van der Waals surface area contributed by atoms with E-state index in [2.05, 4.69) is 36.8 Å². The molecule has 0 saturated heterocycles. The van der Waals surface area contributed by atoms with E-state index in [0.29, 0.717) is 20.3 Å². The molecule has 0 unspecified atom stereocenters. The minimum Gasteiger partial charge on any atom is -0.332 e. The first-order valence-corrected chi connectivity index (χ1v) is 14.1. The van der Waals surface area contributed by atoms with Gasteiger partial charge in [-0.05, 0) is 29.9 Å². The van der Waals surface area contributed by atoms with E-state index in [1.54, 1.807) is 0 Å². The number of para-hydroxylation sites is 1. The molecular weight excluding hydrogens is 519 g/mol. The Morgan fingerprint density at radius 3 is 2.66 bits per heavy atom. The van der Waals surface area contributed by atoms with Gasteiger partial charge in [0.2, 0.25) is 4.96 Å². The summed E-state index contributed by atoms with van der Waals surface area (Å²) in [6.45, 7) is 7.35. The van der Waals surface area contributed by atoms with E-state index in [1.807, 2.05) is 24.3 Å². The van der Waals surface area contributed by atoms with E-state index in [4.69, 9.17) is 40.4 Å². The lowest BCUT2D eigenvalue weighted by Crippen LogP contribution is -2.32. The molecule has 1 aliphatic carbocycles. The van der Waals surface area contributed by atoms with Crippen LogP contribution >= 0.6 is 46.8 Å². The first kappa shape index (κ1) is 24.9. The van der Waals surface area contributed by atoms with Gasteiger partial charge in [0.05, 0.1) is 0 Å². The number of allylic oxidation sites excluding steroid dienone is 1. The lowest BCUT2D eigenvalue weighted by atomic mass is 10.1. The van der Waals surface area contributed by atoms with Crippen LogP contribution in [-0.4, -0.2) is 26.1 Å². The Kier molecular flexibility index (Phi) is 6.81. The third kappa shape index (κ3) is 4.35. The minimum absolute atomic E-state index is 0.0592. The van der Waals surface area contributed by atoms with Crippen molar-refractivity contribution >= 4 is 68.0 Å². The average Bonchev–Trinajstić information content (AvgIpc) is 3.13. The first-order valence-electron chi connectivity index (χ1n) is 12.1. The van der Waals surface area contributed by atoms with Crippen LogP contribution in [0.25, 0.3) is 10.5 Å². The number of thiocarbonyl (C=S) groups is 1. The Morgan fingerprint density at radius 1 is 1.20 bits per heavy atom. The van der Waals surface area contributed by atoms with Gasteiger partial charge in [-0.1, -0.05) is 111 Å². The van der Waals surface area contributed by atoms with Crippen molar-refractivity contribution in [2.45, 2.75) is 58.8 Å². The Balaban J connectivity index is 1.51. The van der Waals surface area contributed by atoms with E-state index in [-0.39, 0.29) is 27.3 Å². The zero-order valence-electron chi connectivity index (χ0n) is 20.1. The number of rotatable bonds is 8. The highest BCUT2D eigenvalue weighted by Gasteiger charge is 2.59. The molecule has 1 saturated carbocycles. The zero-order valence-corrected chi connectivity index (χ0v) is 23.2. The summed E-state index contributed by atoms with van der Waals surface area (Å²) in [5.74, 6) is 0.886. The maximum absolute atomic E-state index is 13.5. The van der Waals surface area contributed by atoms with Crippen LogP contribution in [-0.2, 0) is 0 Å². The second-order valence-corrected chi connectivity index (χ2v) is 12.3. The second-order valence-electron chi connectivity index (χ2n) is 9.95. The molecule has 2 atom stereocenters. The quantitative estimate of drug-likeness (QED) is 0.247. The summed E-state index contributed by atoms with van der Waals surface area (Å²) in [6.07, 6.45) is 7.81. The van der Waals surface area contributed by atoms with Gasteiger partial charge in [-0.3, -0.25) is 4.79 Å². The van der Waals surface area contributed by atoms with Crippen LogP contribution in [0.3, 0.4) is 0 Å². The molecule has 9 heteroatoms. The predicted molar refractivity (Wildman–Crippen MR) is 150 cm³/mol. The van der Waals surface area contributed by atoms with Crippen LogP contribution in [0.5, 0.6) is 0 Å². The number of benzene rings is 1. The number of thiazole rings is 1. The average molecular weight is 548 g/mol. The maximum Gasteiger partial charge on any atom is 0.291 e. The molecule has 35 heavy (non-hydrogen) atoms. The van der Waals surface area contributed by atoms with Gasteiger partial charge in [0.15, 0.2) is 5.82 Å². The molecule has 2 aromatic heterocycles. The SMILES string of the molecule is CCCCCCCN1C(=S)/C(=c2\sc3nc([C@@H]4[C@H](C=C(Cl)Cl)C4(C)C)nn3c2=O)c2ccccc21. The summed E-state index contributed by atoms with van der Waals surface area (Å²) >= 11 is 19.1. The molecule has 2 aliphatic rings. The minimum atomic E-state index is -0.165. The van der Waals surface area contributed by atoms with Crippen molar-refractivity contribution < 1.29 is 0 Å². The number of hydrogen-bond donors (Lipinski definition) is 0. The zero-order chi connectivity index (χ0) is 24.9. The highest BCUT2D eigenvalue weighted by Crippen LogP contribution is 2.64. The van der Waals surface area contributed by atoms with E-state index < -0.39 is 0 Å². The summed E-state index contributed by atoms with van der Waals surface area (Å²) < 4.78 is 2.28. The first-order chi connectivity index (χ1) is 16.8. The Hall–Kier alpha value is -1.80. The molecule has 0 bridgehead atoms. The number of aromatic nitrogens is 3. The molecule has 0 spiro atoms. The normalized spacial score (nSPS) is 22.1. The van der Waals surface area contributed by atoms with Crippen molar-refractivity contribution in [1.82, 2.24) is 14.6 Å². The van der Waals surface area contributed by atoms with Crippen molar-refractivity contribution in [1.29, 1.82) is 0 Å². The molecular formula is C26H28Cl2N4OS2. The highest BCUT2D eigenvalue weighted by atomic mass is 35.5. The number of unbranched alkanes of at least 4 members (excludes halogenated alkanes) is 4. The molecule has 184 valence electrons. The van der Waals surface area contributed by atoms with Gasteiger partial charge in [-0.15, -0.1) is 5.10 Å². The standard InChI is InChI=1S/C26H28Cl2N4OS2/c1-4-5-6-7-10-13-31-17-12-9-8-11-15(17)19(24(31)34)21-23(33)32-25(35-21)29-22(30-32)20-16(14-18(27)28)26(20,2)3/h8-9,11-12,14,16,20H,4-7,10,13H2,1-3H3/b21-19-/t16-,20-/m0/s1. The smallest absolute Gasteiger partial charge is 0.291 e. The Bertz CT molecular complexity index is 1440. The molecule has 0 radical (unpaired) electrons. The molecule has 1 aromatic carbocycles. The monoisotopic (exact) mass is 546 g/mol. The summed E-state index contributed by atoms with van der Waals surface area (Å²) in [5, 5.41) is 4.62. The Labute approximate surface area is 224 Å². The largest absolute Gasteiger partial charge is 0.332 e. The van der Waals surface area contributed by atoms with Gasteiger partial charge >= 0.3 is 0 Å². The van der Waals surface area contributed by atoms with Crippen LogP contribution in [0.15, 0.2) is 39.6 Å². The topological polar surface area (TPSA) is 50.5 Å². The molecule has 3 heterocycles. The molecule has 5 nitrogen and oxygen atoms in total. The maximum atomic E-state index is 13.5. The van der Waals surface area contributed by atoms with Gasteiger partial charge in [-0.25, -0.2) is 4.98 Å². The number of hydrogen-bond acceptors (Lipinski definition) is 5. The molecule has 0 amide bonds. The van der Waals surface area contributed by atoms with Crippen LogP contribution in [0.1, 0.15) is 70.2 Å². The van der Waals surface area contributed by atoms with Crippen LogP contribution in [0.2, 0.25) is 0 Å². The number of fused-ring (bicyclic) bond motifs is 2. The van der Waals surface area contributed by atoms with E-state index in [0.717, 1.165) is 29.8 Å². The highest BCUT2D eigenvalue weighted by molar-refractivity contribution is 7.81. The molecule has 1 aliphatic heterocycles. The molecule has 3 aromatic rings. The fourth-order valence-electron chi connectivity index (χ4n) is 5.24. The summed E-state index contributed by atoms with van der Waals surface area (Å²) in [7, 11) is 0. The number of halogens is 2.